The molecular weight excluding hydrogens is 228 g/mol. The topological polar surface area (TPSA) is 43.8 Å². The highest BCUT2D eigenvalue weighted by Crippen LogP contribution is 2.20. The van der Waals surface area contributed by atoms with Crippen molar-refractivity contribution in [1.29, 1.82) is 0 Å². The predicted molar refractivity (Wildman–Crippen MR) is 71.5 cm³/mol. The standard InChI is InChI=1S/C14H20N2O2/c1-11(17)13-3-5-14(6-4-13)16-9-7-15(8-10-16)12(2)18/h3-6,11,17H,7-10H2,1-2H3/t11-/m1/s1. The quantitative estimate of drug-likeness (QED) is 0.860. The maximum Gasteiger partial charge on any atom is 0.219 e. The second kappa shape index (κ2) is 5.40. The molecule has 4 nitrogen and oxygen atoms in total. The first kappa shape index (κ1) is 12.9. The fourth-order valence-corrected chi connectivity index (χ4v) is 2.24. The van der Waals surface area contributed by atoms with E-state index in [9.17, 15) is 9.90 Å². The summed E-state index contributed by atoms with van der Waals surface area (Å²) in [6.45, 7) is 6.69. The molecule has 98 valence electrons. The molecule has 1 atom stereocenters. The number of piperazine rings is 1. The van der Waals surface area contributed by atoms with Crippen molar-refractivity contribution < 1.29 is 9.90 Å². The average Bonchev–Trinajstić information content (AvgIpc) is 2.39. The first-order chi connectivity index (χ1) is 8.58. The zero-order chi connectivity index (χ0) is 13.1. The van der Waals surface area contributed by atoms with Gasteiger partial charge in [-0.05, 0) is 24.6 Å². The highest BCUT2D eigenvalue weighted by atomic mass is 16.3. The van der Waals surface area contributed by atoms with Crippen molar-refractivity contribution in [3.05, 3.63) is 29.8 Å². The van der Waals surface area contributed by atoms with Crippen LogP contribution in [0, 0.1) is 0 Å². The van der Waals surface area contributed by atoms with E-state index in [2.05, 4.69) is 4.90 Å². The maximum atomic E-state index is 11.2. The van der Waals surface area contributed by atoms with E-state index in [1.54, 1.807) is 13.8 Å². The summed E-state index contributed by atoms with van der Waals surface area (Å²) in [5, 5.41) is 9.46. The van der Waals surface area contributed by atoms with Gasteiger partial charge in [0.1, 0.15) is 0 Å². The number of hydrogen-bond donors (Lipinski definition) is 1. The molecule has 1 aliphatic rings. The fourth-order valence-electron chi connectivity index (χ4n) is 2.24. The van der Waals surface area contributed by atoms with Crippen LogP contribution in [0.5, 0.6) is 0 Å². The Balaban J connectivity index is 1.99. The van der Waals surface area contributed by atoms with Gasteiger partial charge in [0, 0.05) is 38.8 Å². The molecule has 0 unspecified atom stereocenters. The average molecular weight is 248 g/mol. The third-order valence-corrected chi connectivity index (χ3v) is 3.47. The van der Waals surface area contributed by atoms with Crippen LogP contribution in [0.3, 0.4) is 0 Å². The number of anilines is 1. The molecule has 1 aromatic rings. The molecular formula is C14H20N2O2. The van der Waals surface area contributed by atoms with Crippen LogP contribution in [-0.4, -0.2) is 42.1 Å². The normalized spacial score (nSPS) is 17.7. The van der Waals surface area contributed by atoms with E-state index in [0.717, 1.165) is 37.4 Å². The molecule has 1 fully saturated rings. The van der Waals surface area contributed by atoms with Gasteiger partial charge in [-0.1, -0.05) is 12.1 Å². The van der Waals surface area contributed by atoms with Crippen LogP contribution in [0.15, 0.2) is 24.3 Å². The molecule has 1 saturated heterocycles. The summed E-state index contributed by atoms with van der Waals surface area (Å²) in [5.74, 6) is 0.152. The van der Waals surface area contributed by atoms with E-state index in [4.69, 9.17) is 0 Å². The number of carbonyl (C=O) groups excluding carboxylic acids is 1. The molecule has 18 heavy (non-hydrogen) atoms. The molecule has 1 aliphatic heterocycles. The lowest BCUT2D eigenvalue weighted by atomic mass is 10.1. The molecule has 1 N–H and O–H groups in total. The minimum Gasteiger partial charge on any atom is -0.389 e. The number of aliphatic hydroxyl groups is 1. The van der Waals surface area contributed by atoms with E-state index < -0.39 is 6.10 Å². The van der Waals surface area contributed by atoms with Gasteiger partial charge in [-0.2, -0.15) is 0 Å². The zero-order valence-electron chi connectivity index (χ0n) is 11.0. The Kier molecular flexibility index (Phi) is 3.87. The lowest BCUT2D eigenvalue weighted by molar-refractivity contribution is -0.129. The van der Waals surface area contributed by atoms with Crippen molar-refractivity contribution in [3.8, 4) is 0 Å². The summed E-state index contributed by atoms with van der Waals surface area (Å²) >= 11 is 0. The number of amides is 1. The Bertz CT molecular complexity index is 406. The molecule has 0 radical (unpaired) electrons. The Morgan fingerprint density at radius 1 is 1.17 bits per heavy atom. The molecule has 4 heteroatoms. The van der Waals surface area contributed by atoms with Crippen molar-refractivity contribution in [3.63, 3.8) is 0 Å². The maximum absolute atomic E-state index is 11.2. The van der Waals surface area contributed by atoms with Gasteiger partial charge in [0.05, 0.1) is 6.10 Å². The van der Waals surface area contributed by atoms with Crippen LogP contribution in [-0.2, 0) is 4.79 Å². The van der Waals surface area contributed by atoms with Gasteiger partial charge in [-0.25, -0.2) is 0 Å². The van der Waals surface area contributed by atoms with Gasteiger partial charge < -0.3 is 14.9 Å². The minimum atomic E-state index is -0.423. The second-order valence-electron chi connectivity index (χ2n) is 4.76. The Morgan fingerprint density at radius 3 is 2.17 bits per heavy atom. The van der Waals surface area contributed by atoms with Gasteiger partial charge in [-0.3, -0.25) is 4.79 Å². The molecule has 1 heterocycles. The largest absolute Gasteiger partial charge is 0.389 e. The second-order valence-corrected chi connectivity index (χ2v) is 4.76. The van der Waals surface area contributed by atoms with Crippen LogP contribution in [0.1, 0.15) is 25.5 Å². The number of aliphatic hydroxyl groups excluding tert-OH is 1. The summed E-state index contributed by atoms with van der Waals surface area (Å²) < 4.78 is 0. The first-order valence-electron chi connectivity index (χ1n) is 6.36. The Hall–Kier alpha value is -1.55. The molecule has 0 aliphatic carbocycles. The Morgan fingerprint density at radius 2 is 1.72 bits per heavy atom. The minimum absolute atomic E-state index is 0.152. The number of benzene rings is 1. The molecule has 0 bridgehead atoms. The van der Waals surface area contributed by atoms with Crippen LogP contribution in [0.2, 0.25) is 0 Å². The highest BCUT2D eigenvalue weighted by Gasteiger charge is 2.18. The number of hydrogen-bond acceptors (Lipinski definition) is 3. The molecule has 0 aromatic heterocycles. The number of rotatable bonds is 2. The Labute approximate surface area is 108 Å². The molecule has 1 amide bonds. The van der Waals surface area contributed by atoms with E-state index in [-0.39, 0.29) is 5.91 Å². The summed E-state index contributed by atoms with van der Waals surface area (Å²) in [6.07, 6.45) is -0.423. The molecule has 1 aromatic carbocycles. The zero-order valence-corrected chi connectivity index (χ0v) is 11.0. The van der Waals surface area contributed by atoms with Crippen LogP contribution in [0.25, 0.3) is 0 Å². The summed E-state index contributed by atoms with van der Waals surface area (Å²) in [6, 6.07) is 7.98. The monoisotopic (exact) mass is 248 g/mol. The predicted octanol–water partition coefficient (Wildman–Crippen LogP) is 1.41. The van der Waals surface area contributed by atoms with Gasteiger partial charge >= 0.3 is 0 Å². The van der Waals surface area contributed by atoms with Crippen molar-refractivity contribution in [2.75, 3.05) is 31.1 Å². The van der Waals surface area contributed by atoms with Crippen molar-refractivity contribution in [1.82, 2.24) is 4.90 Å². The molecule has 0 spiro atoms. The summed E-state index contributed by atoms with van der Waals surface area (Å²) in [5.41, 5.74) is 2.09. The first-order valence-corrected chi connectivity index (χ1v) is 6.36. The third-order valence-electron chi connectivity index (χ3n) is 3.47. The van der Waals surface area contributed by atoms with E-state index >= 15 is 0 Å². The van der Waals surface area contributed by atoms with Gasteiger partial charge in [0.25, 0.3) is 0 Å². The van der Waals surface area contributed by atoms with Crippen LogP contribution in [0.4, 0.5) is 5.69 Å². The van der Waals surface area contributed by atoms with Crippen LogP contribution < -0.4 is 4.90 Å². The van der Waals surface area contributed by atoms with Gasteiger partial charge in [-0.15, -0.1) is 0 Å². The van der Waals surface area contributed by atoms with Crippen molar-refractivity contribution >= 4 is 11.6 Å². The number of nitrogens with zero attached hydrogens (tertiary/aromatic N) is 2. The highest BCUT2D eigenvalue weighted by molar-refractivity contribution is 5.73. The van der Waals surface area contributed by atoms with E-state index in [0.29, 0.717) is 0 Å². The van der Waals surface area contributed by atoms with E-state index in [1.165, 1.54) is 0 Å². The van der Waals surface area contributed by atoms with Crippen molar-refractivity contribution in [2.24, 2.45) is 0 Å². The van der Waals surface area contributed by atoms with Crippen molar-refractivity contribution in [2.45, 2.75) is 20.0 Å². The summed E-state index contributed by atoms with van der Waals surface area (Å²) in [7, 11) is 0. The van der Waals surface area contributed by atoms with Gasteiger partial charge in [0.2, 0.25) is 5.91 Å². The molecule has 2 rings (SSSR count). The third kappa shape index (κ3) is 2.82. The lowest BCUT2D eigenvalue weighted by Crippen LogP contribution is -2.48. The SMILES string of the molecule is CC(=O)N1CCN(c2ccc([C@@H](C)O)cc2)CC1. The van der Waals surface area contributed by atoms with Gasteiger partial charge in [0.15, 0.2) is 0 Å². The lowest BCUT2D eigenvalue weighted by Gasteiger charge is -2.35. The molecule has 0 saturated carbocycles. The smallest absolute Gasteiger partial charge is 0.219 e. The number of carbonyl (C=O) groups is 1. The van der Waals surface area contributed by atoms with Crippen LogP contribution >= 0.6 is 0 Å². The fraction of sp³-hybridized carbons (Fsp3) is 0.500. The summed E-state index contributed by atoms with van der Waals surface area (Å²) in [4.78, 5) is 15.4. The van der Waals surface area contributed by atoms with E-state index in [1.807, 2.05) is 29.2 Å².